The number of aromatic nitrogens is 1. The Labute approximate surface area is 122 Å². The van der Waals surface area contributed by atoms with Crippen molar-refractivity contribution in [3.63, 3.8) is 0 Å². The zero-order chi connectivity index (χ0) is 15.2. The summed E-state index contributed by atoms with van der Waals surface area (Å²) < 4.78 is 11.4. The lowest BCUT2D eigenvalue weighted by molar-refractivity contribution is -0.129. The Morgan fingerprint density at radius 1 is 1.35 bits per heavy atom. The molecule has 0 spiro atoms. The third-order valence-electron chi connectivity index (χ3n) is 3.09. The quantitative estimate of drug-likeness (QED) is 0.254. The van der Waals surface area contributed by atoms with Gasteiger partial charge in [-0.3, -0.25) is 0 Å². The van der Waals surface area contributed by atoms with Crippen LogP contribution < -0.4 is 11.3 Å². The van der Waals surface area contributed by atoms with E-state index in [9.17, 15) is 0 Å². The van der Waals surface area contributed by atoms with Crippen molar-refractivity contribution in [3.8, 4) is 0 Å². The van der Waals surface area contributed by atoms with Crippen LogP contribution in [0.1, 0.15) is 19.4 Å². The maximum atomic E-state index is 5.83. The highest BCUT2D eigenvalue weighted by molar-refractivity contribution is 6.76. The zero-order valence-electron chi connectivity index (χ0n) is 13.2. The Morgan fingerprint density at radius 3 is 2.65 bits per heavy atom. The van der Waals surface area contributed by atoms with Gasteiger partial charge in [0.2, 0.25) is 0 Å². The first-order chi connectivity index (χ1) is 9.26. The molecular formula is C14H27N3O2Si. The fourth-order valence-electron chi connectivity index (χ4n) is 1.71. The van der Waals surface area contributed by atoms with E-state index >= 15 is 0 Å². The average molecular weight is 297 g/mol. The fraction of sp³-hybridized carbons (Fsp3) is 0.643. The average Bonchev–Trinajstić information content (AvgIpc) is 2.36. The van der Waals surface area contributed by atoms with Gasteiger partial charge in [-0.2, -0.15) is 0 Å². The molecule has 1 aromatic rings. The molecule has 0 aliphatic heterocycles. The first-order valence-corrected chi connectivity index (χ1v) is 10.6. The number of nitrogens with zero attached hydrogens (tertiary/aromatic N) is 1. The van der Waals surface area contributed by atoms with Gasteiger partial charge in [-0.25, -0.2) is 10.8 Å². The van der Waals surface area contributed by atoms with E-state index in [1.165, 1.54) is 0 Å². The Morgan fingerprint density at radius 2 is 2.05 bits per heavy atom. The van der Waals surface area contributed by atoms with Gasteiger partial charge in [0.1, 0.15) is 12.6 Å². The predicted octanol–water partition coefficient (Wildman–Crippen LogP) is 2.93. The number of nitrogens with one attached hydrogen (secondary N) is 1. The van der Waals surface area contributed by atoms with Crippen molar-refractivity contribution >= 4 is 13.9 Å². The Hall–Kier alpha value is -0.953. The Kier molecular flexibility index (Phi) is 6.13. The van der Waals surface area contributed by atoms with Crippen LogP contribution in [-0.2, 0) is 15.1 Å². The van der Waals surface area contributed by atoms with Gasteiger partial charge in [-0.1, -0.05) is 25.7 Å². The number of rotatable bonds is 8. The summed E-state index contributed by atoms with van der Waals surface area (Å²) in [6.07, 6.45) is 1.69. The van der Waals surface area contributed by atoms with Crippen molar-refractivity contribution in [1.82, 2.24) is 4.98 Å². The second kappa shape index (κ2) is 7.17. The molecule has 1 rings (SSSR count). The number of anilines is 1. The lowest BCUT2D eigenvalue weighted by Crippen LogP contribution is -2.27. The molecule has 3 N–H and O–H groups in total. The van der Waals surface area contributed by atoms with Crippen molar-refractivity contribution in [1.29, 1.82) is 0 Å². The molecule has 0 radical (unpaired) electrons. The first-order valence-electron chi connectivity index (χ1n) is 6.90. The molecule has 114 valence electrons. The van der Waals surface area contributed by atoms with Crippen LogP contribution in [0.2, 0.25) is 25.7 Å². The van der Waals surface area contributed by atoms with Crippen LogP contribution in [0.25, 0.3) is 0 Å². The standard InChI is InChI=1S/C14H27N3O2Si/c1-14(2,12-7-6-8-16-13(12)17-15)19-11-18-9-10-20(3,4)5/h6-8H,9-11,15H2,1-5H3,(H,16,17). The van der Waals surface area contributed by atoms with Crippen LogP contribution in [0.5, 0.6) is 0 Å². The molecule has 0 fully saturated rings. The van der Waals surface area contributed by atoms with E-state index in [1.807, 2.05) is 26.0 Å². The molecule has 5 nitrogen and oxygen atoms in total. The summed E-state index contributed by atoms with van der Waals surface area (Å²) >= 11 is 0. The second-order valence-electron chi connectivity index (χ2n) is 6.54. The molecule has 20 heavy (non-hydrogen) atoms. The van der Waals surface area contributed by atoms with E-state index in [-0.39, 0.29) is 6.79 Å². The number of hydrazine groups is 1. The summed E-state index contributed by atoms with van der Waals surface area (Å²) in [4.78, 5) is 4.19. The van der Waals surface area contributed by atoms with Crippen LogP contribution in [0.4, 0.5) is 5.82 Å². The van der Waals surface area contributed by atoms with Gasteiger partial charge in [0.25, 0.3) is 0 Å². The minimum absolute atomic E-state index is 0.274. The maximum Gasteiger partial charge on any atom is 0.147 e. The van der Waals surface area contributed by atoms with Crippen molar-refractivity contribution in [2.75, 3.05) is 18.8 Å². The van der Waals surface area contributed by atoms with Crippen molar-refractivity contribution < 1.29 is 9.47 Å². The van der Waals surface area contributed by atoms with Gasteiger partial charge in [-0.15, -0.1) is 0 Å². The molecule has 6 heteroatoms. The summed E-state index contributed by atoms with van der Waals surface area (Å²) in [6, 6.07) is 4.96. The summed E-state index contributed by atoms with van der Waals surface area (Å²) in [5.41, 5.74) is 3.01. The van der Waals surface area contributed by atoms with E-state index in [0.29, 0.717) is 5.82 Å². The van der Waals surface area contributed by atoms with Crippen molar-refractivity contribution in [2.45, 2.75) is 45.1 Å². The highest BCUT2D eigenvalue weighted by atomic mass is 28.3. The van der Waals surface area contributed by atoms with E-state index in [2.05, 4.69) is 30.1 Å². The van der Waals surface area contributed by atoms with Gasteiger partial charge in [-0.05, 0) is 26.0 Å². The minimum Gasteiger partial charge on any atom is -0.356 e. The van der Waals surface area contributed by atoms with Crippen LogP contribution in [0, 0.1) is 0 Å². The number of nitrogens with two attached hydrogens (primary N) is 1. The van der Waals surface area contributed by atoms with E-state index in [0.717, 1.165) is 18.2 Å². The molecule has 0 saturated carbocycles. The van der Waals surface area contributed by atoms with Gasteiger partial charge >= 0.3 is 0 Å². The third-order valence-corrected chi connectivity index (χ3v) is 4.80. The van der Waals surface area contributed by atoms with Gasteiger partial charge in [0.15, 0.2) is 0 Å². The number of ether oxygens (including phenoxy) is 2. The normalized spacial score (nSPS) is 12.5. The van der Waals surface area contributed by atoms with E-state index in [4.69, 9.17) is 15.3 Å². The van der Waals surface area contributed by atoms with Gasteiger partial charge in [0.05, 0.1) is 5.60 Å². The number of nitrogen functional groups attached to an aromatic ring is 1. The largest absolute Gasteiger partial charge is 0.356 e. The first kappa shape index (κ1) is 17.1. The molecule has 0 aromatic carbocycles. The number of pyridine rings is 1. The molecular weight excluding hydrogens is 270 g/mol. The summed E-state index contributed by atoms with van der Waals surface area (Å²) in [6.45, 7) is 12.0. The van der Waals surface area contributed by atoms with Crippen LogP contribution in [0.15, 0.2) is 18.3 Å². The van der Waals surface area contributed by atoms with E-state index < -0.39 is 13.7 Å². The van der Waals surface area contributed by atoms with Crippen molar-refractivity contribution in [2.24, 2.45) is 5.84 Å². The van der Waals surface area contributed by atoms with Crippen LogP contribution in [0.3, 0.4) is 0 Å². The molecule has 0 unspecified atom stereocenters. The molecule has 0 saturated heterocycles. The molecule has 0 atom stereocenters. The van der Waals surface area contributed by atoms with Crippen LogP contribution in [-0.4, -0.2) is 26.5 Å². The number of hydrogen-bond donors (Lipinski definition) is 2. The second-order valence-corrected chi connectivity index (χ2v) is 12.2. The summed E-state index contributed by atoms with van der Waals surface area (Å²) in [5, 5.41) is 0. The fourth-order valence-corrected chi connectivity index (χ4v) is 2.47. The molecule has 1 heterocycles. The highest BCUT2D eigenvalue weighted by Crippen LogP contribution is 2.29. The topological polar surface area (TPSA) is 69.4 Å². The maximum absolute atomic E-state index is 5.83. The molecule has 0 bridgehead atoms. The lowest BCUT2D eigenvalue weighted by atomic mass is 9.99. The van der Waals surface area contributed by atoms with Crippen LogP contribution >= 0.6 is 0 Å². The third kappa shape index (κ3) is 5.58. The summed E-state index contributed by atoms with van der Waals surface area (Å²) in [7, 11) is -1.05. The SMILES string of the molecule is CC(C)(OCOCC[Si](C)(C)C)c1cccnc1NN. The summed E-state index contributed by atoms with van der Waals surface area (Å²) in [5.74, 6) is 6.10. The highest BCUT2D eigenvalue weighted by Gasteiger charge is 2.25. The van der Waals surface area contributed by atoms with Gasteiger partial charge in [0, 0.05) is 26.4 Å². The molecule has 0 amide bonds. The minimum atomic E-state index is -1.05. The lowest BCUT2D eigenvalue weighted by Gasteiger charge is -2.27. The molecule has 0 aliphatic carbocycles. The smallest absolute Gasteiger partial charge is 0.147 e. The zero-order valence-corrected chi connectivity index (χ0v) is 14.2. The van der Waals surface area contributed by atoms with E-state index in [1.54, 1.807) is 6.20 Å². The number of hydrogen-bond acceptors (Lipinski definition) is 5. The Bertz CT molecular complexity index is 419. The monoisotopic (exact) mass is 297 g/mol. The van der Waals surface area contributed by atoms with Crippen molar-refractivity contribution in [3.05, 3.63) is 23.9 Å². The Balaban J connectivity index is 2.49. The predicted molar refractivity (Wildman–Crippen MR) is 85.1 cm³/mol. The molecule has 1 aromatic heterocycles. The molecule has 0 aliphatic rings. The van der Waals surface area contributed by atoms with Gasteiger partial charge < -0.3 is 14.9 Å².